The minimum absolute atomic E-state index is 0.0127. The maximum Gasteiger partial charge on any atom is 0.134 e. The second-order valence-electron chi connectivity index (χ2n) is 8.94. The lowest BCUT2D eigenvalue weighted by atomic mass is 9.77. The first kappa shape index (κ1) is 21.9. The van der Waals surface area contributed by atoms with Gasteiger partial charge in [-0.2, -0.15) is 0 Å². The molecule has 33 heavy (non-hydrogen) atoms. The van der Waals surface area contributed by atoms with Crippen LogP contribution in [-0.4, -0.2) is 0 Å². The van der Waals surface area contributed by atoms with Crippen LogP contribution in [-0.2, 0) is 10.2 Å². The topological polar surface area (TPSA) is 61.3 Å². The Morgan fingerprint density at radius 3 is 1.94 bits per heavy atom. The number of hydrogen-bond donors (Lipinski definition) is 2. The van der Waals surface area contributed by atoms with Gasteiger partial charge in [-0.15, -0.1) is 0 Å². The lowest BCUT2D eigenvalue weighted by molar-refractivity contribution is -0.00830. The van der Waals surface area contributed by atoms with Crippen molar-refractivity contribution < 1.29 is 4.74 Å². The van der Waals surface area contributed by atoms with Crippen LogP contribution in [0.2, 0.25) is 0 Å². The number of nitrogens with two attached hydrogens (primary N) is 2. The Bertz CT molecular complexity index is 1270. The fraction of sp³-hybridized carbons (Fsp3) is 0.172. The van der Waals surface area contributed by atoms with E-state index in [1.165, 1.54) is 26.5 Å². The number of ether oxygens (including phenoxy) is 1. The SMILES string of the molecule is CC1(C)c2ccccc2Sc2cc(-c3ccc(C(N)OC(N)c4ccccc4)cc3)ccc21. The quantitative estimate of drug-likeness (QED) is 0.328. The van der Waals surface area contributed by atoms with Crippen molar-refractivity contribution in [3.8, 4) is 11.1 Å². The molecule has 0 aromatic heterocycles. The average Bonchev–Trinajstić information content (AvgIpc) is 2.84. The predicted octanol–water partition coefficient (Wildman–Crippen LogP) is 6.78. The van der Waals surface area contributed by atoms with Gasteiger partial charge in [0.25, 0.3) is 0 Å². The van der Waals surface area contributed by atoms with E-state index in [-0.39, 0.29) is 5.41 Å². The van der Waals surface area contributed by atoms with Crippen LogP contribution < -0.4 is 11.5 Å². The zero-order valence-corrected chi connectivity index (χ0v) is 19.7. The molecule has 0 bridgehead atoms. The van der Waals surface area contributed by atoms with Crippen LogP contribution in [0, 0.1) is 0 Å². The maximum atomic E-state index is 6.28. The number of fused-ring (bicyclic) bond motifs is 2. The summed E-state index contributed by atoms with van der Waals surface area (Å²) in [6, 6.07) is 33.4. The van der Waals surface area contributed by atoms with Crippen LogP contribution >= 0.6 is 11.8 Å². The van der Waals surface area contributed by atoms with E-state index in [0.29, 0.717) is 0 Å². The Morgan fingerprint density at radius 2 is 1.21 bits per heavy atom. The highest BCUT2D eigenvalue weighted by atomic mass is 32.2. The summed E-state index contributed by atoms with van der Waals surface area (Å²) in [5.74, 6) is 0. The Labute approximate surface area is 199 Å². The van der Waals surface area contributed by atoms with Crippen molar-refractivity contribution in [2.24, 2.45) is 11.5 Å². The van der Waals surface area contributed by atoms with Gasteiger partial charge >= 0.3 is 0 Å². The molecule has 0 radical (unpaired) electrons. The highest BCUT2D eigenvalue weighted by molar-refractivity contribution is 7.99. The van der Waals surface area contributed by atoms with Gasteiger partial charge in [-0.3, -0.25) is 0 Å². The van der Waals surface area contributed by atoms with Crippen molar-refractivity contribution in [2.45, 2.75) is 41.5 Å². The van der Waals surface area contributed by atoms with E-state index in [1.807, 2.05) is 54.2 Å². The van der Waals surface area contributed by atoms with E-state index >= 15 is 0 Å². The fourth-order valence-electron chi connectivity index (χ4n) is 4.46. The van der Waals surface area contributed by atoms with Crippen LogP contribution in [0.4, 0.5) is 0 Å². The average molecular weight is 453 g/mol. The molecule has 0 saturated heterocycles. The number of hydrogen-bond acceptors (Lipinski definition) is 4. The molecule has 4 heteroatoms. The van der Waals surface area contributed by atoms with Gasteiger partial charge in [-0.1, -0.05) is 111 Å². The monoisotopic (exact) mass is 452 g/mol. The van der Waals surface area contributed by atoms with E-state index in [4.69, 9.17) is 16.2 Å². The third kappa shape index (κ3) is 4.23. The third-order valence-electron chi connectivity index (χ3n) is 6.43. The largest absolute Gasteiger partial charge is 0.337 e. The van der Waals surface area contributed by atoms with E-state index in [0.717, 1.165) is 16.7 Å². The van der Waals surface area contributed by atoms with Crippen molar-refractivity contribution in [3.05, 3.63) is 119 Å². The minimum Gasteiger partial charge on any atom is -0.337 e. The fourth-order valence-corrected chi connectivity index (χ4v) is 5.90. The molecule has 2 atom stereocenters. The maximum absolute atomic E-state index is 6.28. The van der Waals surface area contributed by atoms with Crippen LogP contribution in [0.3, 0.4) is 0 Å². The van der Waals surface area contributed by atoms with Gasteiger partial charge in [-0.05, 0) is 45.5 Å². The van der Waals surface area contributed by atoms with E-state index in [2.05, 4.69) is 68.4 Å². The molecular formula is C29H28N2OS. The summed E-state index contributed by atoms with van der Waals surface area (Å²) in [4.78, 5) is 2.65. The molecule has 3 nitrogen and oxygen atoms in total. The molecule has 2 unspecified atom stereocenters. The van der Waals surface area contributed by atoms with Crippen molar-refractivity contribution >= 4 is 11.8 Å². The smallest absolute Gasteiger partial charge is 0.134 e. The number of benzene rings is 4. The van der Waals surface area contributed by atoms with E-state index in [1.54, 1.807) is 0 Å². The molecule has 0 aliphatic carbocycles. The number of rotatable bonds is 5. The summed E-state index contributed by atoms with van der Waals surface area (Å²) in [5, 5.41) is 0. The predicted molar refractivity (Wildman–Crippen MR) is 136 cm³/mol. The normalized spacial score (nSPS) is 15.9. The van der Waals surface area contributed by atoms with Crippen molar-refractivity contribution in [3.63, 3.8) is 0 Å². The summed E-state index contributed by atoms with van der Waals surface area (Å²) in [5.41, 5.74) is 19.3. The molecule has 1 aliphatic rings. The molecule has 4 N–H and O–H groups in total. The molecule has 4 aromatic rings. The van der Waals surface area contributed by atoms with Crippen molar-refractivity contribution in [1.82, 2.24) is 0 Å². The lowest BCUT2D eigenvalue weighted by Crippen LogP contribution is -2.23. The van der Waals surface area contributed by atoms with Crippen LogP contribution in [0.5, 0.6) is 0 Å². The van der Waals surface area contributed by atoms with Crippen LogP contribution in [0.15, 0.2) is 107 Å². The van der Waals surface area contributed by atoms with Gasteiger partial charge in [0, 0.05) is 15.2 Å². The first-order valence-corrected chi connectivity index (χ1v) is 12.0. The Morgan fingerprint density at radius 1 is 0.636 bits per heavy atom. The first-order chi connectivity index (χ1) is 15.9. The van der Waals surface area contributed by atoms with Gasteiger partial charge in [0.1, 0.15) is 12.5 Å². The van der Waals surface area contributed by atoms with Gasteiger partial charge in [0.05, 0.1) is 0 Å². The zero-order valence-electron chi connectivity index (χ0n) is 18.9. The molecule has 1 heterocycles. The Hall–Kier alpha value is -2.89. The molecule has 0 amide bonds. The lowest BCUT2D eigenvalue weighted by Gasteiger charge is -2.34. The summed E-state index contributed by atoms with van der Waals surface area (Å²) in [6.07, 6.45) is -1.16. The second kappa shape index (κ2) is 8.81. The first-order valence-electron chi connectivity index (χ1n) is 11.2. The van der Waals surface area contributed by atoms with Gasteiger partial charge in [0.15, 0.2) is 0 Å². The van der Waals surface area contributed by atoms with E-state index < -0.39 is 12.5 Å². The minimum atomic E-state index is -0.592. The molecular weight excluding hydrogens is 424 g/mol. The summed E-state index contributed by atoms with van der Waals surface area (Å²) >= 11 is 1.85. The van der Waals surface area contributed by atoms with E-state index in [9.17, 15) is 0 Å². The Balaban J connectivity index is 1.36. The van der Waals surface area contributed by atoms with Gasteiger partial charge in [-0.25, -0.2) is 0 Å². The van der Waals surface area contributed by atoms with Crippen LogP contribution in [0.25, 0.3) is 11.1 Å². The third-order valence-corrected chi connectivity index (χ3v) is 7.56. The molecule has 4 aromatic carbocycles. The van der Waals surface area contributed by atoms with Gasteiger partial charge in [0.2, 0.25) is 0 Å². The summed E-state index contributed by atoms with van der Waals surface area (Å²) < 4.78 is 5.85. The summed E-state index contributed by atoms with van der Waals surface area (Å²) in [7, 11) is 0. The highest BCUT2D eigenvalue weighted by Gasteiger charge is 2.32. The standard InChI is InChI=1S/C29H28N2OS/c1-29(2)23-10-6-7-11-25(23)33-26-18-22(16-17-24(26)29)19-12-14-21(15-13-19)28(31)32-27(30)20-8-4-3-5-9-20/h3-18,27-28H,30-31H2,1-2H3. The molecule has 1 aliphatic heterocycles. The van der Waals surface area contributed by atoms with Gasteiger partial charge < -0.3 is 16.2 Å². The van der Waals surface area contributed by atoms with Crippen molar-refractivity contribution in [1.29, 1.82) is 0 Å². The Kier molecular flexibility index (Phi) is 5.85. The molecule has 5 rings (SSSR count). The van der Waals surface area contributed by atoms with Crippen LogP contribution in [0.1, 0.15) is 48.6 Å². The highest BCUT2D eigenvalue weighted by Crippen LogP contribution is 2.49. The molecule has 166 valence electrons. The molecule has 0 spiro atoms. The van der Waals surface area contributed by atoms with Crippen molar-refractivity contribution in [2.75, 3.05) is 0 Å². The molecule has 0 fully saturated rings. The summed E-state index contributed by atoms with van der Waals surface area (Å²) in [6.45, 7) is 4.61. The second-order valence-corrected chi connectivity index (χ2v) is 10.0. The molecule has 0 saturated carbocycles. The zero-order chi connectivity index (χ0) is 23.0.